The molecule has 114 valence electrons. The zero-order valence-electron chi connectivity index (χ0n) is 11.5. The molecule has 20 heavy (non-hydrogen) atoms. The highest BCUT2D eigenvalue weighted by Crippen LogP contribution is 2.21. The molecule has 2 N–H and O–H groups in total. The van der Waals surface area contributed by atoms with Gasteiger partial charge in [0.05, 0.1) is 12.2 Å². The molecule has 0 spiro atoms. The van der Waals surface area contributed by atoms with Crippen LogP contribution in [0.2, 0.25) is 0 Å². The lowest BCUT2D eigenvalue weighted by Crippen LogP contribution is -2.39. The van der Waals surface area contributed by atoms with Crippen molar-refractivity contribution in [1.29, 1.82) is 0 Å². The van der Waals surface area contributed by atoms with Crippen LogP contribution in [0.15, 0.2) is 17.0 Å². The Labute approximate surface area is 117 Å². The Kier molecular flexibility index (Phi) is 5.58. The first kappa shape index (κ1) is 17.0. The number of aliphatic hydroxyl groups is 1. The van der Waals surface area contributed by atoms with Crippen LogP contribution in [0.25, 0.3) is 0 Å². The van der Waals surface area contributed by atoms with Gasteiger partial charge in [0.15, 0.2) is 5.82 Å². The molecule has 1 unspecified atom stereocenters. The fourth-order valence-corrected chi connectivity index (χ4v) is 3.18. The summed E-state index contributed by atoms with van der Waals surface area (Å²) < 4.78 is 53.5. The van der Waals surface area contributed by atoms with Crippen molar-refractivity contribution in [1.82, 2.24) is 9.62 Å². The van der Waals surface area contributed by atoms with Crippen LogP contribution in [0.3, 0.4) is 0 Å². The van der Waals surface area contributed by atoms with E-state index in [1.165, 1.54) is 0 Å². The number of rotatable bonds is 6. The number of aliphatic hydroxyl groups excluding tert-OH is 1. The summed E-state index contributed by atoms with van der Waals surface area (Å²) >= 11 is 0. The molecule has 0 aliphatic carbocycles. The molecule has 1 aromatic carbocycles. The number of nitrogens with one attached hydrogen (secondary N) is 1. The molecule has 0 aromatic heterocycles. The Balaban J connectivity index is 3.10. The molecule has 1 atom stereocenters. The van der Waals surface area contributed by atoms with Crippen molar-refractivity contribution in [3.8, 4) is 0 Å². The van der Waals surface area contributed by atoms with Gasteiger partial charge in [-0.2, -0.15) is 0 Å². The van der Waals surface area contributed by atoms with E-state index in [4.69, 9.17) is 5.11 Å². The van der Waals surface area contributed by atoms with Gasteiger partial charge in [0.2, 0.25) is 10.0 Å². The van der Waals surface area contributed by atoms with Crippen LogP contribution < -0.4 is 4.72 Å². The van der Waals surface area contributed by atoms with Crippen LogP contribution >= 0.6 is 0 Å². The molecule has 1 rings (SSSR count). The molecule has 0 aliphatic rings. The first-order valence-corrected chi connectivity index (χ1v) is 7.42. The summed E-state index contributed by atoms with van der Waals surface area (Å²) in [5, 5.41) is 8.89. The van der Waals surface area contributed by atoms with Crippen molar-refractivity contribution in [2.24, 2.45) is 0 Å². The third kappa shape index (κ3) is 3.95. The maximum absolute atomic E-state index is 13.9. The fourth-order valence-electron chi connectivity index (χ4n) is 1.84. The molecule has 0 aliphatic heterocycles. The zero-order valence-corrected chi connectivity index (χ0v) is 12.3. The Morgan fingerprint density at radius 3 is 2.45 bits per heavy atom. The third-order valence-electron chi connectivity index (χ3n) is 2.59. The van der Waals surface area contributed by atoms with Crippen molar-refractivity contribution in [3.05, 3.63) is 29.3 Å². The Hall–Kier alpha value is -1.09. The van der Waals surface area contributed by atoms with E-state index in [0.29, 0.717) is 6.54 Å². The quantitative estimate of drug-likeness (QED) is 0.811. The van der Waals surface area contributed by atoms with Gasteiger partial charge in [0.25, 0.3) is 0 Å². The van der Waals surface area contributed by atoms with Crippen LogP contribution in [-0.2, 0) is 16.6 Å². The van der Waals surface area contributed by atoms with Gasteiger partial charge in [0, 0.05) is 12.6 Å². The van der Waals surface area contributed by atoms with Crippen LogP contribution in [0.5, 0.6) is 0 Å². The highest BCUT2D eigenvalue weighted by atomic mass is 32.2. The minimum atomic E-state index is -4.11. The smallest absolute Gasteiger partial charge is 0.243 e. The molecule has 0 saturated heterocycles. The largest absolute Gasteiger partial charge is 0.391 e. The molecule has 0 bridgehead atoms. The van der Waals surface area contributed by atoms with Gasteiger partial charge >= 0.3 is 0 Å². The highest BCUT2D eigenvalue weighted by molar-refractivity contribution is 7.89. The number of sulfonamides is 1. The minimum absolute atomic E-state index is 0.425. The van der Waals surface area contributed by atoms with Crippen LogP contribution in [0, 0.1) is 11.6 Å². The molecular weight excluding hydrogens is 290 g/mol. The number of halogens is 2. The lowest BCUT2D eigenvalue weighted by molar-refractivity contribution is 0.267. The molecule has 0 amide bonds. The maximum atomic E-state index is 13.9. The SMILES string of the molecule is CC(CN(C)C)NS(=O)(=O)c1ccc(F)c(CO)c1F. The molecule has 0 heterocycles. The summed E-state index contributed by atoms with van der Waals surface area (Å²) in [6.45, 7) is 1.15. The van der Waals surface area contributed by atoms with Gasteiger partial charge in [-0.15, -0.1) is 0 Å². The van der Waals surface area contributed by atoms with Crippen LogP contribution in [0.1, 0.15) is 12.5 Å². The fraction of sp³-hybridized carbons (Fsp3) is 0.500. The Morgan fingerprint density at radius 2 is 1.95 bits per heavy atom. The standard InChI is InChI=1S/C12H18F2N2O3S/c1-8(6-16(2)3)15-20(18,19)11-5-4-10(13)9(7-17)12(11)14/h4-5,8,15,17H,6-7H2,1-3H3. The van der Waals surface area contributed by atoms with E-state index in [9.17, 15) is 17.2 Å². The van der Waals surface area contributed by atoms with Gasteiger partial charge in [0.1, 0.15) is 10.7 Å². The predicted octanol–water partition coefficient (Wildman–Crippen LogP) is 0.686. The average molecular weight is 308 g/mol. The summed E-state index contributed by atoms with van der Waals surface area (Å²) in [5.41, 5.74) is -0.659. The van der Waals surface area contributed by atoms with E-state index in [1.807, 2.05) is 0 Å². The monoisotopic (exact) mass is 308 g/mol. The molecule has 5 nitrogen and oxygen atoms in total. The van der Waals surface area contributed by atoms with Gasteiger partial charge < -0.3 is 10.0 Å². The maximum Gasteiger partial charge on any atom is 0.243 e. The van der Waals surface area contributed by atoms with Gasteiger partial charge in [-0.1, -0.05) is 0 Å². The molecule has 1 aromatic rings. The summed E-state index contributed by atoms with van der Waals surface area (Å²) in [6, 6.07) is 1.21. The highest BCUT2D eigenvalue weighted by Gasteiger charge is 2.24. The molecular formula is C12H18F2N2O3S. The van der Waals surface area contributed by atoms with Gasteiger partial charge in [-0.25, -0.2) is 21.9 Å². The van der Waals surface area contributed by atoms with Gasteiger partial charge in [-0.05, 0) is 33.2 Å². The minimum Gasteiger partial charge on any atom is -0.391 e. The van der Waals surface area contributed by atoms with E-state index < -0.39 is 44.8 Å². The van der Waals surface area contributed by atoms with Crippen LogP contribution in [-0.4, -0.2) is 45.1 Å². The lowest BCUT2D eigenvalue weighted by Gasteiger charge is -2.19. The normalized spacial score (nSPS) is 13.8. The second kappa shape index (κ2) is 6.57. The van der Waals surface area contributed by atoms with Crippen molar-refractivity contribution >= 4 is 10.0 Å². The number of hydrogen-bond acceptors (Lipinski definition) is 4. The van der Waals surface area contributed by atoms with E-state index in [0.717, 1.165) is 12.1 Å². The van der Waals surface area contributed by atoms with E-state index in [1.54, 1.807) is 25.9 Å². The number of benzene rings is 1. The van der Waals surface area contributed by atoms with Crippen LogP contribution in [0.4, 0.5) is 8.78 Å². The van der Waals surface area contributed by atoms with E-state index in [-0.39, 0.29) is 0 Å². The Morgan fingerprint density at radius 1 is 1.35 bits per heavy atom. The molecule has 8 heteroatoms. The number of likely N-dealkylation sites (N-methyl/N-ethyl adjacent to an activating group) is 1. The molecule has 0 saturated carbocycles. The van der Waals surface area contributed by atoms with Crippen molar-refractivity contribution in [2.75, 3.05) is 20.6 Å². The summed E-state index contributed by atoms with van der Waals surface area (Å²) in [6.07, 6.45) is 0. The van der Waals surface area contributed by atoms with Crippen molar-refractivity contribution < 1.29 is 22.3 Å². The first-order valence-electron chi connectivity index (χ1n) is 5.93. The second-order valence-electron chi connectivity index (χ2n) is 4.78. The number of nitrogens with zero attached hydrogens (tertiary/aromatic N) is 1. The topological polar surface area (TPSA) is 69.6 Å². The van der Waals surface area contributed by atoms with Crippen molar-refractivity contribution in [3.63, 3.8) is 0 Å². The van der Waals surface area contributed by atoms with E-state index in [2.05, 4.69) is 4.72 Å². The third-order valence-corrected chi connectivity index (χ3v) is 4.20. The van der Waals surface area contributed by atoms with E-state index >= 15 is 0 Å². The lowest BCUT2D eigenvalue weighted by atomic mass is 10.2. The average Bonchev–Trinajstić information content (AvgIpc) is 2.26. The summed E-state index contributed by atoms with van der Waals surface area (Å²) in [7, 11) is -0.573. The molecule has 0 radical (unpaired) electrons. The zero-order chi connectivity index (χ0) is 15.5. The predicted molar refractivity (Wildman–Crippen MR) is 70.6 cm³/mol. The summed E-state index contributed by atoms with van der Waals surface area (Å²) in [5.74, 6) is -2.25. The van der Waals surface area contributed by atoms with Gasteiger partial charge in [-0.3, -0.25) is 0 Å². The second-order valence-corrected chi connectivity index (χ2v) is 6.46. The van der Waals surface area contributed by atoms with Crippen molar-refractivity contribution in [2.45, 2.75) is 24.5 Å². The summed E-state index contributed by atoms with van der Waals surface area (Å²) in [4.78, 5) is 1.10. The first-order chi connectivity index (χ1) is 9.19. The molecule has 0 fully saturated rings. The Bertz CT molecular complexity index is 576. The number of hydrogen-bond donors (Lipinski definition) is 2.